The molecule has 0 amide bonds. The van der Waals surface area contributed by atoms with Crippen LogP contribution in [0.4, 0.5) is 14.5 Å². The summed E-state index contributed by atoms with van der Waals surface area (Å²) in [5, 5.41) is 0.588. The average molecular weight is 471 g/mol. The fourth-order valence-corrected chi connectivity index (χ4v) is 5.06. The summed E-state index contributed by atoms with van der Waals surface area (Å²) in [6.45, 7) is 5.67. The van der Waals surface area contributed by atoms with E-state index >= 15 is 4.39 Å². The number of allylic oxidation sites excluding steroid dienone is 1. The van der Waals surface area contributed by atoms with Gasteiger partial charge < -0.3 is 0 Å². The second kappa shape index (κ2) is 8.56. The highest BCUT2D eigenvalue weighted by Gasteiger charge is 2.24. The van der Waals surface area contributed by atoms with Crippen molar-refractivity contribution in [3.05, 3.63) is 84.3 Å². The molecular formula is C22H16F2N4O2S2. The van der Waals surface area contributed by atoms with Crippen LogP contribution in [0.5, 0.6) is 0 Å². The first-order valence-electron chi connectivity index (χ1n) is 9.27. The monoisotopic (exact) mass is 470 g/mol. The highest BCUT2D eigenvalue weighted by Crippen LogP contribution is 2.40. The Morgan fingerprint density at radius 1 is 1.09 bits per heavy atom. The van der Waals surface area contributed by atoms with Gasteiger partial charge in [-0.3, -0.25) is 4.72 Å². The summed E-state index contributed by atoms with van der Waals surface area (Å²) in [6.07, 6.45) is 2.93. The fourth-order valence-electron chi connectivity index (χ4n) is 2.94. The Labute approximate surface area is 187 Å². The van der Waals surface area contributed by atoms with E-state index in [0.717, 1.165) is 12.1 Å². The molecule has 2 heterocycles. The summed E-state index contributed by atoms with van der Waals surface area (Å²) >= 11 is 1.29. The van der Waals surface area contributed by atoms with Gasteiger partial charge in [-0.2, -0.15) is 0 Å². The van der Waals surface area contributed by atoms with Crippen LogP contribution in [-0.2, 0) is 10.0 Å². The van der Waals surface area contributed by atoms with Gasteiger partial charge in [-0.25, -0.2) is 32.2 Å². The topological polar surface area (TPSA) is 84.8 Å². The zero-order valence-electron chi connectivity index (χ0n) is 16.7. The summed E-state index contributed by atoms with van der Waals surface area (Å²) < 4.78 is 56.9. The number of aromatic nitrogens is 3. The lowest BCUT2D eigenvalue weighted by Gasteiger charge is -2.12. The Kier molecular flexibility index (Phi) is 5.81. The Bertz CT molecular complexity index is 1420. The smallest absolute Gasteiger partial charge is 0.264 e. The standard InChI is InChI=1S/C22H16F2N4O2S2/c1-13(2)22-27-20(21(31-22)17-10-11-25-12-26-17)14-6-5-8-16(19(14)24)28-32(29,30)18-9-4-3-7-15(18)23/h3-12,28H,1H2,2H3. The predicted molar refractivity (Wildman–Crippen MR) is 120 cm³/mol. The van der Waals surface area contributed by atoms with Crippen LogP contribution < -0.4 is 4.72 Å². The van der Waals surface area contributed by atoms with E-state index in [4.69, 9.17) is 0 Å². The van der Waals surface area contributed by atoms with Gasteiger partial charge in [0.25, 0.3) is 10.0 Å². The molecule has 0 atom stereocenters. The number of nitrogens with one attached hydrogen (secondary N) is 1. The van der Waals surface area contributed by atoms with Crippen LogP contribution in [0.1, 0.15) is 11.9 Å². The van der Waals surface area contributed by atoms with E-state index in [9.17, 15) is 12.8 Å². The van der Waals surface area contributed by atoms with Crippen LogP contribution in [0, 0.1) is 11.6 Å². The molecule has 2 aromatic heterocycles. The number of thiazole rings is 1. The number of hydrogen-bond acceptors (Lipinski definition) is 6. The third-order valence-corrected chi connectivity index (χ3v) is 7.07. The highest BCUT2D eigenvalue weighted by molar-refractivity contribution is 7.92. The lowest BCUT2D eigenvalue weighted by atomic mass is 10.1. The van der Waals surface area contributed by atoms with Gasteiger partial charge in [0.1, 0.15) is 22.0 Å². The molecule has 0 aliphatic carbocycles. The zero-order chi connectivity index (χ0) is 22.9. The van der Waals surface area contributed by atoms with Gasteiger partial charge in [-0.1, -0.05) is 24.8 Å². The van der Waals surface area contributed by atoms with E-state index in [2.05, 4.69) is 26.3 Å². The minimum absolute atomic E-state index is 0.0658. The Hall–Kier alpha value is -3.50. The third kappa shape index (κ3) is 4.14. The fraction of sp³-hybridized carbons (Fsp3) is 0.0455. The molecule has 1 N–H and O–H groups in total. The SMILES string of the molecule is C=C(C)c1nc(-c2cccc(NS(=O)(=O)c3ccccc3F)c2F)c(-c2ccncn2)s1. The molecule has 0 fully saturated rings. The summed E-state index contributed by atoms with van der Waals surface area (Å²) in [6, 6.07) is 10.8. The summed E-state index contributed by atoms with van der Waals surface area (Å²) in [7, 11) is -4.35. The minimum Gasteiger partial charge on any atom is -0.277 e. The van der Waals surface area contributed by atoms with Crippen molar-refractivity contribution in [2.24, 2.45) is 0 Å². The molecule has 32 heavy (non-hydrogen) atoms. The van der Waals surface area contributed by atoms with Crippen LogP contribution >= 0.6 is 11.3 Å². The quantitative estimate of drug-likeness (QED) is 0.409. The minimum atomic E-state index is -4.35. The maximum Gasteiger partial charge on any atom is 0.264 e. The van der Waals surface area contributed by atoms with Gasteiger partial charge in [0.05, 0.1) is 22.0 Å². The van der Waals surface area contributed by atoms with E-state index in [1.54, 1.807) is 19.2 Å². The highest BCUT2D eigenvalue weighted by atomic mass is 32.2. The molecule has 10 heteroatoms. The van der Waals surface area contributed by atoms with Crippen molar-refractivity contribution in [1.29, 1.82) is 0 Å². The van der Waals surface area contributed by atoms with Crippen molar-refractivity contribution in [2.45, 2.75) is 11.8 Å². The van der Waals surface area contributed by atoms with Crippen molar-refractivity contribution in [3.63, 3.8) is 0 Å². The molecule has 0 spiro atoms. The Morgan fingerprint density at radius 3 is 2.56 bits per heavy atom. The molecule has 0 bridgehead atoms. The Morgan fingerprint density at radius 2 is 1.88 bits per heavy atom. The van der Waals surface area contributed by atoms with E-state index < -0.39 is 26.6 Å². The molecule has 6 nitrogen and oxygen atoms in total. The molecule has 0 saturated heterocycles. The first-order chi connectivity index (χ1) is 15.3. The van der Waals surface area contributed by atoms with Crippen molar-refractivity contribution in [1.82, 2.24) is 15.0 Å². The third-order valence-electron chi connectivity index (χ3n) is 4.43. The van der Waals surface area contributed by atoms with Crippen LogP contribution in [0.15, 0.2) is 72.5 Å². The molecule has 0 saturated carbocycles. The average Bonchev–Trinajstić information content (AvgIpc) is 3.21. The predicted octanol–water partition coefficient (Wildman–Crippen LogP) is 5.38. The maximum atomic E-state index is 15.5. The molecule has 0 unspecified atom stereocenters. The van der Waals surface area contributed by atoms with Crippen molar-refractivity contribution in [2.75, 3.05) is 4.72 Å². The maximum absolute atomic E-state index is 15.5. The molecule has 4 aromatic rings. The van der Waals surface area contributed by atoms with Crippen LogP contribution in [-0.4, -0.2) is 23.4 Å². The van der Waals surface area contributed by atoms with E-state index in [-0.39, 0.29) is 16.9 Å². The lowest BCUT2D eigenvalue weighted by Crippen LogP contribution is -2.15. The first-order valence-corrected chi connectivity index (χ1v) is 11.6. The van der Waals surface area contributed by atoms with E-state index in [0.29, 0.717) is 21.2 Å². The number of nitrogens with zero attached hydrogens (tertiary/aromatic N) is 3. The normalized spacial score (nSPS) is 11.3. The van der Waals surface area contributed by atoms with Crippen LogP contribution in [0.25, 0.3) is 27.4 Å². The van der Waals surface area contributed by atoms with Gasteiger partial charge in [0, 0.05) is 11.8 Å². The van der Waals surface area contributed by atoms with Gasteiger partial charge in [0.2, 0.25) is 0 Å². The van der Waals surface area contributed by atoms with Gasteiger partial charge >= 0.3 is 0 Å². The van der Waals surface area contributed by atoms with E-state index in [1.165, 1.54) is 48.0 Å². The summed E-state index contributed by atoms with van der Waals surface area (Å²) in [5.41, 5.74) is 1.25. The molecule has 0 aliphatic rings. The molecule has 0 aliphatic heterocycles. The summed E-state index contributed by atoms with van der Waals surface area (Å²) in [4.78, 5) is 12.6. The largest absolute Gasteiger partial charge is 0.277 e. The molecule has 4 rings (SSSR count). The second-order valence-corrected chi connectivity index (χ2v) is 9.42. The zero-order valence-corrected chi connectivity index (χ0v) is 18.3. The van der Waals surface area contributed by atoms with E-state index in [1.807, 2.05) is 0 Å². The number of benzene rings is 2. The number of sulfonamides is 1. The van der Waals surface area contributed by atoms with Crippen molar-refractivity contribution < 1.29 is 17.2 Å². The summed E-state index contributed by atoms with van der Waals surface area (Å²) in [5.74, 6) is -1.78. The number of anilines is 1. The van der Waals surface area contributed by atoms with Crippen molar-refractivity contribution in [3.8, 4) is 21.8 Å². The second-order valence-electron chi connectivity index (χ2n) is 6.77. The van der Waals surface area contributed by atoms with Gasteiger partial charge in [-0.15, -0.1) is 11.3 Å². The first kappa shape index (κ1) is 21.7. The number of rotatable bonds is 6. The molecule has 0 radical (unpaired) electrons. The van der Waals surface area contributed by atoms with Gasteiger partial charge in [0.15, 0.2) is 5.82 Å². The van der Waals surface area contributed by atoms with Crippen molar-refractivity contribution >= 4 is 32.6 Å². The van der Waals surface area contributed by atoms with Gasteiger partial charge in [-0.05, 0) is 42.8 Å². The van der Waals surface area contributed by atoms with Crippen LogP contribution in [0.2, 0.25) is 0 Å². The van der Waals surface area contributed by atoms with Crippen LogP contribution in [0.3, 0.4) is 0 Å². The Balaban J connectivity index is 1.82. The molecular weight excluding hydrogens is 454 g/mol. The molecule has 162 valence electrons. The number of halogens is 2. The lowest BCUT2D eigenvalue weighted by molar-refractivity contribution is 0.569. The number of hydrogen-bond donors (Lipinski definition) is 1. The molecule has 2 aromatic carbocycles.